The molecule has 0 amide bonds. The van der Waals surface area contributed by atoms with E-state index in [0.717, 1.165) is 4.68 Å². The van der Waals surface area contributed by atoms with Crippen LogP contribution in [0.4, 0.5) is 0 Å². The van der Waals surface area contributed by atoms with Gasteiger partial charge in [0.05, 0.1) is 0 Å². The highest BCUT2D eigenvalue weighted by molar-refractivity contribution is 5.67. The highest BCUT2D eigenvalue weighted by Crippen LogP contribution is 1.96. The molecule has 0 bridgehead atoms. The first-order valence-electron chi connectivity index (χ1n) is 4.58. The first-order chi connectivity index (χ1) is 7.68. The Balaban J connectivity index is 2.57. The average Bonchev–Trinajstić information content (AvgIpc) is 2.28. The summed E-state index contributed by atoms with van der Waals surface area (Å²) < 4.78 is 1.12. The monoisotopic (exact) mass is 218 g/mol. The Kier molecular flexibility index (Phi) is 2.59. The van der Waals surface area contributed by atoms with E-state index in [1.807, 2.05) is 14.1 Å². The zero-order valence-electron chi connectivity index (χ0n) is 8.90. The minimum atomic E-state index is -0.337. The molecule has 16 heavy (non-hydrogen) atoms. The minimum Gasteiger partial charge on any atom is -0.367 e. The van der Waals surface area contributed by atoms with E-state index >= 15 is 0 Å². The van der Waals surface area contributed by atoms with E-state index < -0.39 is 0 Å². The van der Waals surface area contributed by atoms with Gasteiger partial charge >= 0.3 is 5.56 Å². The highest BCUT2D eigenvalue weighted by Gasteiger charge is 2.03. The Morgan fingerprint density at radius 3 is 2.81 bits per heavy atom. The summed E-state index contributed by atoms with van der Waals surface area (Å²) in [7, 11) is 3.62. The molecule has 2 aromatic heterocycles. The van der Waals surface area contributed by atoms with E-state index in [0.29, 0.717) is 5.65 Å². The lowest BCUT2D eigenvalue weighted by Gasteiger charge is -2.03. The van der Waals surface area contributed by atoms with E-state index in [9.17, 15) is 4.79 Å². The second-order valence-corrected chi connectivity index (χ2v) is 3.32. The van der Waals surface area contributed by atoms with Crippen molar-refractivity contribution in [1.82, 2.24) is 24.5 Å². The molecule has 0 aliphatic rings. The van der Waals surface area contributed by atoms with Crippen molar-refractivity contribution in [3.05, 3.63) is 29.1 Å². The Hall–Kier alpha value is -2.31. The first-order valence-corrected chi connectivity index (χ1v) is 4.58. The standard InChI is InChI=1S/C9H10N6O/c1-14(2)6-13-15-5-12-8-7(9(15)16)10-3-4-11-8/h3-6H,1-2H3. The highest BCUT2D eigenvalue weighted by atomic mass is 16.1. The van der Waals surface area contributed by atoms with Crippen molar-refractivity contribution >= 4 is 17.5 Å². The molecule has 7 nitrogen and oxygen atoms in total. The summed E-state index contributed by atoms with van der Waals surface area (Å²) in [6, 6.07) is 0. The Morgan fingerprint density at radius 1 is 1.31 bits per heavy atom. The predicted octanol–water partition coefficient (Wildman–Crippen LogP) is -0.461. The molecule has 0 radical (unpaired) electrons. The van der Waals surface area contributed by atoms with E-state index in [4.69, 9.17) is 0 Å². The van der Waals surface area contributed by atoms with Crippen molar-refractivity contribution in [3.8, 4) is 0 Å². The van der Waals surface area contributed by atoms with Gasteiger partial charge in [-0.2, -0.15) is 9.78 Å². The second kappa shape index (κ2) is 4.05. The molecule has 0 aliphatic carbocycles. The van der Waals surface area contributed by atoms with Gasteiger partial charge < -0.3 is 4.90 Å². The summed E-state index contributed by atoms with van der Waals surface area (Å²) in [6.45, 7) is 0. The molecule has 0 saturated heterocycles. The third-order valence-electron chi connectivity index (χ3n) is 1.79. The summed E-state index contributed by atoms with van der Waals surface area (Å²) in [5.74, 6) is 0. The molecule has 2 aromatic rings. The van der Waals surface area contributed by atoms with Crippen LogP contribution in [0.3, 0.4) is 0 Å². The Labute approximate surface area is 91.1 Å². The van der Waals surface area contributed by atoms with Crippen LogP contribution in [0, 0.1) is 0 Å². The topological polar surface area (TPSA) is 76.3 Å². The van der Waals surface area contributed by atoms with Crippen LogP contribution in [0.15, 0.2) is 28.6 Å². The van der Waals surface area contributed by atoms with Crippen LogP contribution in [0.1, 0.15) is 0 Å². The molecular formula is C9H10N6O. The van der Waals surface area contributed by atoms with Gasteiger partial charge in [-0.25, -0.2) is 15.0 Å². The molecule has 2 heterocycles. The van der Waals surface area contributed by atoms with Crippen LogP contribution in [0.5, 0.6) is 0 Å². The fourth-order valence-electron chi connectivity index (χ4n) is 1.09. The molecule has 0 saturated carbocycles. The summed E-state index contributed by atoms with van der Waals surface area (Å²) in [5, 5.41) is 3.93. The Bertz CT molecular complexity index is 588. The van der Waals surface area contributed by atoms with Crippen LogP contribution in [-0.2, 0) is 0 Å². The molecule has 82 valence electrons. The Morgan fingerprint density at radius 2 is 2.06 bits per heavy atom. The lowest BCUT2D eigenvalue weighted by atomic mass is 10.5. The van der Waals surface area contributed by atoms with Crippen molar-refractivity contribution in [3.63, 3.8) is 0 Å². The molecule has 0 unspecified atom stereocenters. The zero-order valence-corrected chi connectivity index (χ0v) is 8.90. The maximum Gasteiger partial charge on any atom is 0.302 e. The molecule has 0 N–H and O–H groups in total. The third-order valence-corrected chi connectivity index (χ3v) is 1.79. The van der Waals surface area contributed by atoms with Crippen LogP contribution in [0.2, 0.25) is 0 Å². The molecule has 0 aromatic carbocycles. The van der Waals surface area contributed by atoms with Crippen LogP contribution in [0.25, 0.3) is 11.2 Å². The van der Waals surface area contributed by atoms with E-state index in [1.54, 1.807) is 4.90 Å². The normalized spacial score (nSPS) is 11.1. The fourth-order valence-corrected chi connectivity index (χ4v) is 1.09. The second-order valence-electron chi connectivity index (χ2n) is 3.32. The number of rotatable bonds is 2. The molecule has 0 atom stereocenters. The maximum absolute atomic E-state index is 11.8. The van der Waals surface area contributed by atoms with Gasteiger partial charge in [-0.05, 0) is 0 Å². The van der Waals surface area contributed by atoms with Crippen molar-refractivity contribution < 1.29 is 0 Å². The van der Waals surface area contributed by atoms with E-state index in [2.05, 4.69) is 20.1 Å². The maximum atomic E-state index is 11.8. The molecule has 7 heteroatoms. The fraction of sp³-hybridized carbons (Fsp3) is 0.222. The summed E-state index contributed by atoms with van der Waals surface area (Å²) >= 11 is 0. The number of aromatic nitrogens is 4. The molecule has 0 spiro atoms. The smallest absolute Gasteiger partial charge is 0.302 e. The number of hydrogen-bond donors (Lipinski definition) is 0. The van der Waals surface area contributed by atoms with Gasteiger partial charge in [0.25, 0.3) is 0 Å². The largest absolute Gasteiger partial charge is 0.367 e. The van der Waals surface area contributed by atoms with Crippen LogP contribution >= 0.6 is 0 Å². The zero-order chi connectivity index (χ0) is 11.5. The first kappa shape index (κ1) is 10.2. The van der Waals surface area contributed by atoms with Gasteiger partial charge in [-0.3, -0.25) is 4.79 Å². The number of nitrogens with zero attached hydrogens (tertiary/aromatic N) is 6. The molecule has 0 aliphatic heterocycles. The summed E-state index contributed by atoms with van der Waals surface area (Å²) in [4.78, 5) is 25.4. The summed E-state index contributed by atoms with van der Waals surface area (Å²) in [6.07, 6.45) is 5.76. The van der Waals surface area contributed by atoms with Gasteiger partial charge in [0.1, 0.15) is 12.7 Å². The molecule has 2 rings (SSSR count). The number of fused-ring (bicyclic) bond motifs is 1. The van der Waals surface area contributed by atoms with E-state index in [-0.39, 0.29) is 11.1 Å². The van der Waals surface area contributed by atoms with Crippen LogP contribution < -0.4 is 5.56 Å². The van der Waals surface area contributed by atoms with Gasteiger partial charge in [-0.15, -0.1) is 0 Å². The molecular weight excluding hydrogens is 208 g/mol. The minimum absolute atomic E-state index is 0.209. The average molecular weight is 218 g/mol. The van der Waals surface area contributed by atoms with Gasteiger partial charge in [0, 0.05) is 26.5 Å². The SMILES string of the molecule is CN(C)C=Nn1cnc2nccnc2c1=O. The van der Waals surface area contributed by atoms with Crippen molar-refractivity contribution in [2.75, 3.05) is 14.1 Å². The number of hydrogen-bond acceptors (Lipinski definition) is 5. The lowest BCUT2D eigenvalue weighted by molar-refractivity contribution is 0.629. The van der Waals surface area contributed by atoms with Gasteiger partial charge in [0.15, 0.2) is 11.2 Å². The van der Waals surface area contributed by atoms with E-state index in [1.165, 1.54) is 25.1 Å². The van der Waals surface area contributed by atoms with Crippen molar-refractivity contribution in [1.29, 1.82) is 0 Å². The predicted molar refractivity (Wildman–Crippen MR) is 59.2 cm³/mol. The van der Waals surface area contributed by atoms with Gasteiger partial charge in [0.2, 0.25) is 0 Å². The van der Waals surface area contributed by atoms with Crippen molar-refractivity contribution in [2.24, 2.45) is 5.10 Å². The van der Waals surface area contributed by atoms with Crippen molar-refractivity contribution in [2.45, 2.75) is 0 Å². The summed E-state index contributed by atoms with van der Waals surface area (Å²) in [5.41, 5.74) is 0.195. The molecule has 0 fully saturated rings. The van der Waals surface area contributed by atoms with Crippen LogP contribution in [-0.4, -0.2) is 45.0 Å². The third kappa shape index (κ3) is 1.88. The quantitative estimate of drug-likeness (QED) is 0.503. The van der Waals surface area contributed by atoms with Gasteiger partial charge in [-0.1, -0.05) is 0 Å². The lowest BCUT2D eigenvalue weighted by Crippen LogP contribution is -2.20.